The highest BCUT2D eigenvalue weighted by Gasteiger charge is 2.08. The minimum atomic E-state index is -0.557. The van der Waals surface area contributed by atoms with E-state index in [0.717, 1.165) is 11.8 Å². The monoisotopic (exact) mass is 277 g/mol. The van der Waals surface area contributed by atoms with Crippen LogP contribution in [-0.2, 0) is 0 Å². The number of hydrogen-bond acceptors (Lipinski definition) is 6. The van der Waals surface area contributed by atoms with E-state index in [-0.39, 0.29) is 11.4 Å². The maximum atomic E-state index is 11.2. The van der Waals surface area contributed by atoms with Gasteiger partial charge in [0.05, 0.1) is 0 Å². The van der Waals surface area contributed by atoms with Gasteiger partial charge in [-0.25, -0.2) is 4.98 Å². The van der Waals surface area contributed by atoms with E-state index in [9.17, 15) is 9.59 Å². The molecule has 0 spiro atoms. The van der Waals surface area contributed by atoms with Crippen LogP contribution in [0.15, 0.2) is 39.1 Å². The molecule has 0 unspecified atom stereocenters. The van der Waals surface area contributed by atoms with Gasteiger partial charge in [-0.2, -0.15) is 0 Å². The van der Waals surface area contributed by atoms with E-state index in [2.05, 4.69) is 9.97 Å². The number of nitrogen functional groups attached to an aromatic ring is 2. The summed E-state index contributed by atoms with van der Waals surface area (Å²) in [5.41, 5.74) is 16.8. The highest BCUT2D eigenvalue weighted by Crippen LogP contribution is 2.30. The van der Waals surface area contributed by atoms with Crippen molar-refractivity contribution in [2.24, 2.45) is 5.73 Å². The van der Waals surface area contributed by atoms with Crippen LogP contribution in [0, 0.1) is 0 Å². The predicted octanol–water partition coefficient (Wildman–Crippen LogP) is 0.184. The molecular formula is C11H11N5O2S. The van der Waals surface area contributed by atoms with E-state index in [4.69, 9.17) is 17.2 Å². The van der Waals surface area contributed by atoms with E-state index in [1.54, 1.807) is 12.1 Å². The lowest BCUT2D eigenvalue weighted by molar-refractivity contribution is 0.100. The Morgan fingerprint density at radius 2 is 2.00 bits per heavy atom. The predicted molar refractivity (Wildman–Crippen MR) is 72.8 cm³/mol. The third kappa shape index (κ3) is 3.05. The molecule has 19 heavy (non-hydrogen) atoms. The van der Waals surface area contributed by atoms with Gasteiger partial charge in [0.2, 0.25) is 5.91 Å². The fourth-order valence-corrected chi connectivity index (χ4v) is 2.22. The van der Waals surface area contributed by atoms with Crippen LogP contribution in [0.25, 0.3) is 0 Å². The molecule has 1 aromatic heterocycles. The van der Waals surface area contributed by atoms with E-state index >= 15 is 0 Å². The summed E-state index contributed by atoms with van der Waals surface area (Å²) >= 11 is 1.14. The lowest BCUT2D eigenvalue weighted by Gasteiger charge is -2.06. The summed E-state index contributed by atoms with van der Waals surface area (Å²) < 4.78 is 0. The number of anilines is 2. The number of nitrogens with two attached hydrogens (primary N) is 3. The van der Waals surface area contributed by atoms with Crippen LogP contribution >= 0.6 is 11.8 Å². The number of H-pyrrole nitrogens is 1. The summed E-state index contributed by atoms with van der Waals surface area (Å²) in [6.07, 6.45) is 0. The number of rotatable bonds is 3. The number of carbonyl (C=O) groups excluding carboxylic acids is 1. The maximum absolute atomic E-state index is 11.2. The number of primary amides is 1. The van der Waals surface area contributed by atoms with Gasteiger partial charge in [-0.3, -0.25) is 9.59 Å². The summed E-state index contributed by atoms with van der Waals surface area (Å²) in [5, 5.41) is 0.323. The number of carbonyl (C=O) groups is 1. The second-order valence-electron chi connectivity index (χ2n) is 3.69. The smallest absolute Gasteiger partial charge is 0.253 e. The van der Waals surface area contributed by atoms with Crippen molar-refractivity contribution in [3.63, 3.8) is 0 Å². The van der Waals surface area contributed by atoms with Gasteiger partial charge in [-0.1, -0.05) is 0 Å². The van der Waals surface area contributed by atoms with Gasteiger partial charge in [-0.05, 0) is 30.0 Å². The summed E-state index contributed by atoms with van der Waals surface area (Å²) in [5.74, 6) is -0.433. The second kappa shape index (κ2) is 5.02. The standard InChI is InChI=1S/C11H11N5O2S/c12-6-3-5(10(14)18)1-2-7(6)19-11-15-8(13)4-9(17)16-11/h1-4H,12H2,(H2,14,18)(H3,13,15,16,17). The lowest BCUT2D eigenvalue weighted by Crippen LogP contribution is -2.11. The quantitative estimate of drug-likeness (QED) is 0.466. The second-order valence-corrected chi connectivity index (χ2v) is 4.72. The first-order valence-corrected chi connectivity index (χ1v) is 6.01. The van der Waals surface area contributed by atoms with Crippen molar-refractivity contribution < 1.29 is 4.79 Å². The first-order chi connectivity index (χ1) is 8.95. The van der Waals surface area contributed by atoms with Crippen LogP contribution in [0.1, 0.15) is 10.4 Å². The number of nitrogens with one attached hydrogen (secondary N) is 1. The topological polar surface area (TPSA) is 141 Å². The highest BCUT2D eigenvalue weighted by atomic mass is 32.2. The number of amides is 1. The first-order valence-electron chi connectivity index (χ1n) is 5.20. The molecule has 0 aliphatic heterocycles. The van der Waals surface area contributed by atoms with Crippen molar-refractivity contribution >= 4 is 29.2 Å². The molecule has 0 atom stereocenters. The molecule has 0 aliphatic carbocycles. The van der Waals surface area contributed by atoms with Crippen LogP contribution in [-0.4, -0.2) is 15.9 Å². The molecule has 1 amide bonds. The molecular weight excluding hydrogens is 266 g/mol. The molecule has 0 radical (unpaired) electrons. The third-order valence-corrected chi connectivity index (χ3v) is 3.22. The molecule has 0 fully saturated rings. The molecule has 7 nitrogen and oxygen atoms in total. The number of aromatic amines is 1. The van der Waals surface area contributed by atoms with Crippen LogP contribution in [0.2, 0.25) is 0 Å². The Labute approximate surface area is 112 Å². The minimum absolute atomic E-state index is 0.124. The summed E-state index contributed by atoms with van der Waals surface area (Å²) in [7, 11) is 0. The zero-order chi connectivity index (χ0) is 14.0. The van der Waals surface area contributed by atoms with Gasteiger partial charge < -0.3 is 22.2 Å². The lowest BCUT2D eigenvalue weighted by atomic mass is 10.2. The normalized spacial score (nSPS) is 10.3. The van der Waals surface area contributed by atoms with Crippen molar-refractivity contribution in [3.05, 3.63) is 40.2 Å². The largest absolute Gasteiger partial charge is 0.398 e. The molecule has 8 heteroatoms. The van der Waals surface area contributed by atoms with Crippen molar-refractivity contribution in [3.8, 4) is 0 Å². The molecule has 1 aromatic carbocycles. The Kier molecular flexibility index (Phi) is 3.43. The Hall–Kier alpha value is -2.48. The van der Waals surface area contributed by atoms with Crippen LogP contribution in [0.3, 0.4) is 0 Å². The van der Waals surface area contributed by atoms with Crippen LogP contribution in [0.4, 0.5) is 11.5 Å². The number of hydrogen-bond donors (Lipinski definition) is 4. The van der Waals surface area contributed by atoms with E-state index in [1.807, 2.05) is 0 Å². The van der Waals surface area contributed by atoms with Crippen molar-refractivity contribution in [2.75, 3.05) is 11.5 Å². The number of aromatic nitrogens is 2. The van der Waals surface area contributed by atoms with Gasteiger partial charge in [-0.15, -0.1) is 0 Å². The zero-order valence-corrected chi connectivity index (χ0v) is 10.5. The SMILES string of the molecule is NC(=O)c1ccc(Sc2nc(N)cc(=O)[nH]2)c(N)c1. The molecule has 0 saturated heterocycles. The average Bonchev–Trinajstić information content (AvgIpc) is 2.30. The van der Waals surface area contributed by atoms with Crippen molar-refractivity contribution in [2.45, 2.75) is 10.1 Å². The molecule has 2 aromatic rings. The van der Waals surface area contributed by atoms with E-state index < -0.39 is 5.91 Å². The molecule has 0 saturated carbocycles. The Morgan fingerprint density at radius 3 is 2.58 bits per heavy atom. The molecule has 0 bridgehead atoms. The van der Waals surface area contributed by atoms with Gasteiger partial charge in [0.25, 0.3) is 5.56 Å². The zero-order valence-electron chi connectivity index (χ0n) is 9.71. The van der Waals surface area contributed by atoms with Gasteiger partial charge in [0, 0.05) is 22.2 Å². The molecule has 98 valence electrons. The van der Waals surface area contributed by atoms with Crippen molar-refractivity contribution in [1.82, 2.24) is 9.97 Å². The summed E-state index contributed by atoms with van der Waals surface area (Å²) in [6.45, 7) is 0. The van der Waals surface area contributed by atoms with Gasteiger partial charge >= 0.3 is 0 Å². The summed E-state index contributed by atoms with van der Waals surface area (Å²) in [4.78, 5) is 29.4. The molecule has 1 heterocycles. The van der Waals surface area contributed by atoms with Gasteiger partial charge in [0.15, 0.2) is 5.16 Å². The highest BCUT2D eigenvalue weighted by molar-refractivity contribution is 7.99. The number of nitrogens with zero attached hydrogens (tertiary/aromatic N) is 1. The summed E-state index contributed by atoms with van der Waals surface area (Å²) in [6, 6.07) is 5.83. The van der Waals surface area contributed by atoms with Crippen LogP contribution < -0.4 is 22.8 Å². The van der Waals surface area contributed by atoms with E-state index in [0.29, 0.717) is 21.3 Å². The average molecular weight is 277 g/mol. The maximum Gasteiger partial charge on any atom is 0.253 e. The fourth-order valence-electron chi connectivity index (χ4n) is 1.40. The molecule has 0 aliphatic rings. The number of benzene rings is 1. The Bertz CT molecular complexity index is 698. The molecule has 2 rings (SSSR count). The Balaban J connectivity index is 2.33. The van der Waals surface area contributed by atoms with Gasteiger partial charge in [0.1, 0.15) is 5.82 Å². The van der Waals surface area contributed by atoms with Crippen LogP contribution in [0.5, 0.6) is 0 Å². The minimum Gasteiger partial charge on any atom is -0.398 e. The first kappa shape index (κ1) is 13.0. The molecule has 7 N–H and O–H groups in total. The third-order valence-electron chi connectivity index (χ3n) is 2.24. The van der Waals surface area contributed by atoms with Crippen molar-refractivity contribution in [1.29, 1.82) is 0 Å². The van der Waals surface area contributed by atoms with E-state index in [1.165, 1.54) is 12.1 Å². The Morgan fingerprint density at radius 1 is 1.26 bits per heavy atom. The fraction of sp³-hybridized carbons (Fsp3) is 0.